The molecule has 1 atom stereocenters. The average molecular weight is 476 g/mol. The van der Waals surface area contributed by atoms with Crippen molar-refractivity contribution < 1.29 is 14.3 Å². The number of benzene rings is 2. The van der Waals surface area contributed by atoms with Crippen molar-refractivity contribution >= 4 is 34.8 Å². The highest BCUT2D eigenvalue weighted by Crippen LogP contribution is 2.23. The minimum atomic E-state index is -0.805. The van der Waals surface area contributed by atoms with Gasteiger partial charge in [0.05, 0.1) is 24.9 Å². The summed E-state index contributed by atoms with van der Waals surface area (Å²) in [5.74, 6) is -0.368. The van der Waals surface area contributed by atoms with E-state index in [1.54, 1.807) is 18.3 Å². The van der Waals surface area contributed by atoms with Gasteiger partial charge in [-0.05, 0) is 48.9 Å². The maximum Gasteiger partial charge on any atom is 0.241 e. The van der Waals surface area contributed by atoms with Crippen LogP contribution in [0, 0.1) is 0 Å². The molecule has 3 aromatic rings. The van der Waals surface area contributed by atoms with E-state index in [0.29, 0.717) is 11.6 Å². The SMILES string of the molecule is NC(=O)CC[C@H](N)C(=O)Nc1ccc(-c2ccnc(Nc3ccc(N4CCOCC4)cc3)n2)cc1. The van der Waals surface area contributed by atoms with Gasteiger partial charge in [-0.1, -0.05) is 12.1 Å². The third-order valence-electron chi connectivity index (χ3n) is 5.64. The summed E-state index contributed by atoms with van der Waals surface area (Å²) in [5, 5.41) is 5.99. The van der Waals surface area contributed by atoms with Crippen LogP contribution in [0.2, 0.25) is 0 Å². The topological polar surface area (TPSA) is 148 Å². The second kappa shape index (κ2) is 11.4. The largest absolute Gasteiger partial charge is 0.378 e. The van der Waals surface area contributed by atoms with Crippen LogP contribution in [-0.2, 0) is 14.3 Å². The first-order valence-corrected chi connectivity index (χ1v) is 11.5. The van der Waals surface area contributed by atoms with Crippen LogP contribution in [0.3, 0.4) is 0 Å². The summed E-state index contributed by atoms with van der Waals surface area (Å²) < 4.78 is 5.41. The fourth-order valence-corrected chi connectivity index (χ4v) is 3.67. The molecule has 0 aliphatic carbocycles. The van der Waals surface area contributed by atoms with Crippen LogP contribution in [0.15, 0.2) is 60.8 Å². The second-order valence-corrected chi connectivity index (χ2v) is 8.21. The lowest BCUT2D eigenvalue weighted by atomic mass is 10.1. The van der Waals surface area contributed by atoms with Crippen molar-refractivity contribution in [1.82, 2.24) is 9.97 Å². The van der Waals surface area contributed by atoms with Crippen LogP contribution in [0.4, 0.5) is 23.0 Å². The van der Waals surface area contributed by atoms with Crippen LogP contribution in [0.5, 0.6) is 0 Å². The molecule has 1 aromatic heterocycles. The number of carbonyl (C=O) groups is 2. The van der Waals surface area contributed by atoms with Crippen LogP contribution < -0.4 is 27.0 Å². The molecule has 4 rings (SSSR count). The molecular formula is C25H29N7O3. The zero-order valence-electron chi connectivity index (χ0n) is 19.3. The first-order valence-electron chi connectivity index (χ1n) is 11.5. The summed E-state index contributed by atoms with van der Waals surface area (Å²) in [6.07, 6.45) is 1.96. The number of carbonyl (C=O) groups excluding carboxylic acids is 2. The van der Waals surface area contributed by atoms with E-state index in [1.807, 2.05) is 30.3 Å². The predicted molar refractivity (Wildman–Crippen MR) is 135 cm³/mol. The maximum atomic E-state index is 12.2. The van der Waals surface area contributed by atoms with E-state index in [0.717, 1.165) is 48.9 Å². The van der Waals surface area contributed by atoms with Gasteiger partial charge in [-0.3, -0.25) is 9.59 Å². The van der Waals surface area contributed by atoms with Crippen LogP contribution in [-0.4, -0.2) is 54.1 Å². The van der Waals surface area contributed by atoms with Gasteiger partial charge >= 0.3 is 0 Å². The van der Waals surface area contributed by atoms with Gasteiger partial charge in [-0.25, -0.2) is 9.97 Å². The Morgan fingerprint density at radius 1 is 1.00 bits per heavy atom. The lowest BCUT2D eigenvalue weighted by molar-refractivity contribution is -0.119. The molecule has 1 fully saturated rings. The number of nitrogens with two attached hydrogens (primary N) is 2. The molecule has 0 bridgehead atoms. The fraction of sp³-hybridized carbons (Fsp3) is 0.280. The molecule has 0 spiro atoms. The van der Waals surface area contributed by atoms with Gasteiger partial charge in [0, 0.05) is 48.3 Å². The highest BCUT2D eigenvalue weighted by Gasteiger charge is 2.15. The number of nitrogens with zero attached hydrogens (tertiary/aromatic N) is 3. The van der Waals surface area contributed by atoms with Crippen molar-refractivity contribution in [2.75, 3.05) is 41.8 Å². The van der Waals surface area contributed by atoms with Crippen LogP contribution in [0.1, 0.15) is 12.8 Å². The summed E-state index contributed by atoms with van der Waals surface area (Å²) in [6.45, 7) is 3.28. The number of rotatable bonds is 9. The van der Waals surface area contributed by atoms with Gasteiger partial charge in [-0.15, -0.1) is 0 Å². The molecule has 35 heavy (non-hydrogen) atoms. The molecule has 0 radical (unpaired) electrons. The Hall–Kier alpha value is -4.02. The van der Waals surface area contributed by atoms with Gasteiger partial charge in [-0.2, -0.15) is 0 Å². The number of hydrogen-bond acceptors (Lipinski definition) is 8. The zero-order valence-corrected chi connectivity index (χ0v) is 19.3. The molecule has 0 saturated carbocycles. The molecule has 0 unspecified atom stereocenters. The van der Waals surface area contributed by atoms with Gasteiger partial charge in [0.25, 0.3) is 0 Å². The molecule has 1 aliphatic heterocycles. The van der Waals surface area contributed by atoms with E-state index in [4.69, 9.17) is 16.2 Å². The van der Waals surface area contributed by atoms with E-state index in [-0.39, 0.29) is 18.7 Å². The molecule has 2 heterocycles. The molecule has 10 nitrogen and oxygen atoms in total. The number of primary amides is 1. The predicted octanol–water partition coefficient (Wildman–Crippen LogP) is 2.26. The quantitative estimate of drug-likeness (QED) is 0.368. The van der Waals surface area contributed by atoms with Crippen molar-refractivity contribution in [3.8, 4) is 11.3 Å². The summed E-state index contributed by atoms with van der Waals surface area (Å²) in [6, 6.07) is 16.4. The number of morpholine rings is 1. The molecule has 2 aromatic carbocycles. The molecule has 2 amide bonds. The first kappa shape index (κ1) is 24.1. The van der Waals surface area contributed by atoms with Gasteiger partial charge in [0.2, 0.25) is 17.8 Å². The molecule has 182 valence electrons. The highest BCUT2D eigenvalue weighted by atomic mass is 16.5. The lowest BCUT2D eigenvalue weighted by Gasteiger charge is -2.28. The Morgan fingerprint density at radius 2 is 1.69 bits per heavy atom. The first-order chi connectivity index (χ1) is 17.0. The monoisotopic (exact) mass is 475 g/mol. The smallest absolute Gasteiger partial charge is 0.241 e. The fourth-order valence-electron chi connectivity index (χ4n) is 3.67. The number of anilines is 4. The number of aromatic nitrogens is 2. The van der Waals surface area contributed by atoms with Crippen molar-refractivity contribution in [3.63, 3.8) is 0 Å². The van der Waals surface area contributed by atoms with Gasteiger partial charge in [0.1, 0.15) is 0 Å². The minimum absolute atomic E-state index is 0.0651. The van der Waals surface area contributed by atoms with E-state index in [9.17, 15) is 9.59 Å². The van der Waals surface area contributed by atoms with Crippen molar-refractivity contribution in [1.29, 1.82) is 0 Å². The third-order valence-corrected chi connectivity index (χ3v) is 5.64. The molecule has 1 aliphatic rings. The minimum Gasteiger partial charge on any atom is -0.378 e. The Kier molecular flexibility index (Phi) is 7.86. The van der Waals surface area contributed by atoms with E-state index in [2.05, 4.69) is 37.6 Å². The average Bonchev–Trinajstić information content (AvgIpc) is 2.89. The maximum absolute atomic E-state index is 12.2. The number of amides is 2. The number of nitrogens with one attached hydrogen (secondary N) is 2. The second-order valence-electron chi connectivity index (χ2n) is 8.21. The highest BCUT2D eigenvalue weighted by molar-refractivity contribution is 5.95. The van der Waals surface area contributed by atoms with Crippen molar-refractivity contribution in [2.24, 2.45) is 11.5 Å². The summed E-state index contributed by atoms with van der Waals surface area (Å²) in [7, 11) is 0. The van der Waals surface area contributed by atoms with Gasteiger partial charge < -0.3 is 31.7 Å². The Labute approximate surface area is 203 Å². The van der Waals surface area contributed by atoms with E-state index >= 15 is 0 Å². The molecular weight excluding hydrogens is 446 g/mol. The summed E-state index contributed by atoms with van der Waals surface area (Å²) in [4.78, 5) is 34.3. The van der Waals surface area contributed by atoms with E-state index in [1.165, 1.54) is 0 Å². The number of hydrogen-bond donors (Lipinski definition) is 4. The standard InChI is InChI=1S/C25H29N7O3/c26-21(9-10-23(27)33)24(34)29-18-3-1-17(2-4-18)22-11-12-28-25(31-22)30-19-5-7-20(8-6-19)32-13-15-35-16-14-32/h1-8,11-12,21H,9-10,13-16,26H2,(H2,27,33)(H,29,34)(H,28,30,31)/t21-/m0/s1. The Balaban J connectivity index is 1.37. The molecule has 6 N–H and O–H groups in total. The lowest BCUT2D eigenvalue weighted by Crippen LogP contribution is -2.36. The van der Waals surface area contributed by atoms with Crippen molar-refractivity contribution in [3.05, 3.63) is 60.8 Å². The molecule has 1 saturated heterocycles. The van der Waals surface area contributed by atoms with Gasteiger partial charge in [0.15, 0.2) is 0 Å². The summed E-state index contributed by atoms with van der Waals surface area (Å²) >= 11 is 0. The normalized spacial score (nSPS) is 14.3. The zero-order chi connectivity index (χ0) is 24.6. The van der Waals surface area contributed by atoms with Crippen LogP contribution in [0.25, 0.3) is 11.3 Å². The van der Waals surface area contributed by atoms with Crippen LogP contribution >= 0.6 is 0 Å². The third kappa shape index (κ3) is 6.75. The van der Waals surface area contributed by atoms with Crippen molar-refractivity contribution in [2.45, 2.75) is 18.9 Å². The Bertz CT molecular complexity index is 1150. The Morgan fingerprint density at radius 3 is 2.37 bits per heavy atom. The summed E-state index contributed by atoms with van der Waals surface area (Å²) in [5.41, 5.74) is 15.2. The molecule has 10 heteroatoms. The van der Waals surface area contributed by atoms with E-state index < -0.39 is 11.9 Å². The number of ether oxygens (including phenoxy) is 1.